The van der Waals surface area contributed by atoms with Gasteiger partial charge in [-0.05, 0) is 23.6 Å². The summed E-state index contributed by atoms with van der Waals surface area (Å²) in [4.78, 5) is 0. The standard InChI is InChI=1S/C17H15F3N4O/c1-8(2)14-13-12(9-3-5-10(6-4-9)17(18,19)20)11(7-21)15(22)25-16(13)24-23-14/h3-6,8,12H,22H2,1-2H3,(H,23,24)/t12-/m1/s1. The molecule has 8 heteroatoms. The number of H-pyrrole nitrogens is 1. The molecule has 3 N–H and O–H groups in total. The highest BCUT2D eigenvalue weighted by Gasteiger charge is 2.36. The van der Waals surface area contributed by atoms with Gasteiger partial charge in [0.25, 0.3) is 0 Å². The molecule has 25 heavy (non-hydrogen) atoms. The minimum Gasteiger partial charge on any atom is -0.420 e. The summed E-state index contributed by atoms with van der Waals surface area (Å²) in [6.07, 6.45) is -4.43. The highest BCUT2D eigenvalue weighted by molar-refractivity contribution is 5.55. The number of nitriles is 1. The lowest BCUT2D eigenvalue weighted by Crippen LogP contribution is -2.21. The van der Waals surface area contributed by atoms with Crippen molar-refractivity contribution in [3.05, 3.63) is 58.1 Å². The van der Waals surface area contributed by atoms with Crippen LogP contribution in [0.25, 0.3) is 0 Å². The van der Waals surface area contributed by atoms with E-state index >= 15 is 0 Å². The van der Waals surface area contributed by atoms with Crippen molar-refractivity contribution in [2.24, 2.45) is 5.73 Å². The van der Waals surface area contributed by atoms with Crippen molar-refractivity contribution in [3.8, 4) is 11.9 Å². The molecule has 0 aliphatic carbocycles. The summed E-state index contributed by atoms with van der Waals surface area (Å²) >= 11 is 0. The predicted molar refractivity (Wildman–Crippen MR) is 83.4 cm³/mol. The molecule has 1 aliphatic rings. The Morgan fingerprint density at radius 2 is 1.92 bits per heavy atom. The highest BCUT2D eigenvalue weighted by Crippen LogP contribution is 2.44. The van der Waals surface area contributed by atoms with Gasteiger partial charge in [-0.1, -0.05) is 26.0 Å². The predicted octanol–water partition coefficient (Wildman–Crippen LogP) is 3.77. The smallest absolute Gasteiger partial charge is 0.416 e. The number of nitrogens with two attached hydrogens (primary N) is 1. The van der Waals surface area contributed by atoms with Crippen LogP contribution in [0.5, 0.6) is 5.88 Å². The molecule has 5 nitrogen and oxygen atoms in total. The Balaban J connectivity index is 2.16. The van der Waals surface area contributed by atoms with Gasteiger partial charge in [-0.25, -0.2) is 0 Å². The number of hydrogen-bond acceptors (Lipinski definition) is 4. The van der Waals surface area contributed by atoms with Crippen LogP contribution in [-0.2, 0) is 6.18 Å². The lowest BCUT2D eigenvalue weighted by molar-refractivity contribution is -0.137. The third-order valence-corrected chi connectivity index (χ3v) is 4.12. The van der Waals surface area contributed by atoms with Gasteiger partial charge in [-0.15, -0.1) is 5.10 Å². The summed E-state index contributed by atoms with van der Waals surface area (Å²) in [7, 11) is 0. The van der Waals surface area contributed by atoms with E-state index in [2.05, 4.69) is 10.2 Å². The summed E-state index contributed by atoms with van der Waals surface area (Å²) in [5.74, 6) is -0.435. The molecule has 0 saturated heterocycles. The number of benzene rings is 1. The number of hydrogen-bond donors (Lipinski definition) is 2. The van der Waals surface area contributed by atoms with E-state index in [-0.39, 0.29) is 23.3 Å². The van der Waals surface area contributed by atoms with Crippen LogP contribution in [0.2, 0.25) is 0 Å². The summed E-state index contributed by atoms with van der Waals surface area (Å²) in [5.41, 5.74) is 7.10. The Morgan fingerprint density at radius 1 is 1.28 bits per heavy atom. The molecule has 3 rings (SSSR count). The van der Waals surface area contributed by atoms with Gasteiger partial charge in [-0.3, -0.25) is 5.10 Å². The number of rotatable bonds is 2. The van der Waals surface area contributed by atoms with Crippen LogP contribution < -0.4 is 10.5 Å². The number of nitrogens with one attached hydrogen (secondary N) is 1. The molecular formula is C17H15F3N4O. The fourth-order valence-corrected chi connectivity index (χ4v) is 2.91. The quantitative estimate of drug-likeness (QED) is 0.865. The summed E-state index contributed by atoms with van der Waals surface area (Å²) < 4.78 is 43.8. The van der Waals surface area contributed by atoms with Crippen LogP contribution in [0.15, 0.2) is 35.7 Å². The van der Waals surface area contributed by atoms with Gasteiger partial charge in [0.1, 0.15) is 11.6 Å². The van der Waals surface area contributed by atoms with E-state index in [1.54, 1.807) is 0 Å². The molecule has 0 unspecified atom stereocenters. The molecule has 0 bridgehead atoms. The van der Waals surface area contributed by atoms with Crippen molar-refractivity contribution >= 4 is 0 Å². The molecule has 0 radical (unpaired) electrons. The first-order valence-corrected chi connectivity index (χ1v) is 7.57. The molecule has 1 aromatic heterocycles. The van der Waals surface area contributed by atoms with Gasteiger partial charge in [0.15, 0.2) is 0 Å². The second-order valence-electron chi connectivity index (χ2n) is 6.06. The minimum atomic E-state index is -4.43. The number of allylic oxidation sites excluding steroid dienone is 1. The number of fused-ring (bicyclic) bond motifs is 1. The number of ether oxygens (including phenoxy) is 1. The molecule has 130 valence electrons. The molecular weight excluding hydrogens is 333 g/mol. The van der Waals surface area contributed by atoms with Gasteiger partial charge in [0.05, 0.1) is 17.0 Å². The molecule has 2 aromatic rings. The summed E-state index contributed by atoms with van der Waals surface area (Å²) in [6.45, 7) is 3.87. The Bertz CT molecular complexity index is 873. The van der Waals surface area contributed by atoms with Crippen LogP contribution >= 0.6 is 0 Å². The van der Waals surface area contributed by atoms with Gasteiger partial charge >= 0.3 is 6.18 Å². The zero-order valence-corrected chi connectivity index (χ0v) is 13.5. The lowest BCUT2D eigenvalue weighted by Gasteiger charge is -2.25. The van der Waals surface area contributed by atoms with Crippen molar-refractivity contribution < 1.29 is 17.9 Å². The van der Waals surface area contributed by atoms with Crippen molar-refractivity contribution in [2.75, 3.05) is 0 Å². The first kappa shape index (κ1) is 16.9. The Kier molecular flexibility index (Phi) is 3.95. The van der Waals surface area contributed by atoms with E-state index in [1.165, 1.54) is 12.1 Å². The normalized spacial score (nSPS) is 17.2. The van der Waals surface area contributed by atoms with Crippen molar-refractivity contribution in [3.63, 3.8) is 0 Å². The van der Waals surface area contributed by atoms with Crippen molar-refractivity contribution in [1.82, 2.24) is 10.2 Å². The van der Waals surface area contributed by atoms with Gasteiger partial charge in [-0.2, -0.15) is 18.4 Å². The maximum atomic E-state index is 12.8. The van der Waals surface area contributed by atoms with E-state index < -0.39 is 17.7 Å². The fraction of sp³-hybridized carbons (Fsp3) is 0.294. The maximum Gasteiger partial charge on any atom is 0.416 e. The molecule has 0 fully saturated rings. The summed E-state index contributed by atoms with van der Waals surface area (Å²) in [5, 5.41) is 16.4. The molecule has 1 aromatic carbocycles. The number of aromatic nitrogens is 2. The van der Waals surface area contributed by atoms with Crippen LogP contribution in [0, 0.1) is 11.3 Å². The Labute approximate surface area is 141 Å². The van der Waals surface area contributed by atoms with Crippen molar-refractivity contribution in [2.45, 2.75) is 31.9 Å². The molecule has 0 saturated carbocycles. The van der Waals surface area contributed by atoms with E-state index in [9.17, 15) is 18.4 Å². The molecule has 2 heterocycles. The second kappa shape index (κ2) is 5.84. The van der Waals surface area contributed by atoms with E-state index in [4.69, 9.17) is 10.5 Å². The number of halogens is 3. The first-order valence-electron chi connectivity index (χ1n) is 7.57. The van der Waals surface area contributed by atoms with E-state index in [0.29, 0.717) is 11.1 Å². The van der Waals surface area contributed by atoms with Crippen LogP contribution in [0.4, 0.5) is 13.2 Å². The lowest BCUT2D eigenvalue weighted by atomic mass is 9.82. The number of alkyl halides is 3. The molecule has 0 amide bonds. The SMILES string of the molecule is CC(C)c1[nH]nc2c1[C@H](c1ccc(C(F)(F)F)cc1)C(C#N)=C(N)O2. The minimum absolute atomic E-state index is 0.0519. The van der Waals surface area contributed by atoms with E-state index in [0.717, 1.165) is 17.8 Å². The third-order valence-electron chi connectivity index (χ3n) is 4.12. The molecule has 1 atom stereocenters. The average molecular weight is 348 g/mol. The maximum absolute atomic E-state index is 12.8. The van der Waals surface area contributed by atoms with Gasteiger partial charge in [0.2, 0.25) is 11.8 Å². The first-order chi connectivity index (χ1) is 11.7. The topological polar surface area (TPSA) is 87.7 Å². The van der Waals surface area contributed by atoms with Gasteiger partial charge < -0.3 is 10.5 Å². The number of nitrogens with zero attached hydrogens (tertiary/aromatic N) is 2. The average Bonchev–Trinajstić information content (AvgIpc) is 2.96. The second-order valence-corrected chi connectivity index (χ2v) is 6.06. The van der Waals surface area contributed by atoms with Gasteiger partial charge in [0, 0.05) is 5.69 Å². The number of aromatic amines is 1. The molecule has 0 spiro atoms. The van der Waals surface area contributed by atoms with E-state index in [1.807, 2.05) is 19.9 Å². The fourth-order valence-electron chi connectivity index (χ4n) is 2.91. The highest BCUT2D eigenvalue weighted by atomic mass is 19.4. The Morgan fingerprint density at radius 3 is 2.44 bits per heavy atom. The van der Waals surface area contributed by atoms with Crippen LogP contribution in [0.1, 0.15) is 48.1 Å². The van der Waals surface area contributed by atoms with Crippen molar-refractivity contribution in [1.29, 1.82) is 5.26 Å². The Hall–Kier alpha value is -2.95. The largest absolute Gasteiger partial charge is 0.420 e. The van der Waals surface area contributed by atoms with Crippen LogP contribution in [0.3, 0.4) is 0 Å². The summed E-state index contributed by atoms with van der Waals surface area (Å²) in [6, 6.07) is 6.69. The van der Waals surface area contributed by atoms with Crippen LogP contribution in [-0.4, -0.2) is 10.2 Å². The molecule has 1 aliphatic heterocycles. The monoisotopic (exact) mass is 348 g/mol. The third kappa shape index (κ3) is 2.82. The zero-order valence-electron chi connectivity index (χ0n) is 13.5. The zero-order chi connectivity index (χ0) is 18.4.